The largest absolute Gasteiger partial charge is 0.480 e. The summed E-state index contributed by atoms with van der Waals surface area (Å²) in [4.78, 5) is 15.2. The van der Waals surface area contributed by atoms with Crippen molar-refractivity contribution in [1.29, 1.82) is 0 Å². The topological polar surface area (TPSA) is 69.8 Å². The van der Waals surface area contributed by atoms with Crippen LogP contribution in [0, 0.1) is 0 Å². The van der Waals surface area contributed by atoms with Crippen molar-refractivity contribution >= 4 is 17.3 Å². The SMILES string of the molecule is CN1CCN(C)c2c(CC(N)C(=O)O)cccc21. The van der Waals surface area contributed by atoms with Gasteiger partial charge in [-0.15, -0.1) is 0 Å². The highest BCUT2D eigenvalue weighted by atomic mass is 16.4. The molecule has 1 aliphatic heterocycles. The van der Waals surface area contributed by atoms with E-state index < -0.39 is 12.0 Å². The fraction of sp³-hybridized carbons (Fsp3) is 0.462. The quantitative estimate of drug-likeness (QED) is 0.817. The molecular weight excluding hydrogens is 230 g/mol. The third kappa shape index (κ3) is 2.26. The molecule has 2 rings (SSSR count). The molecule has 0 saturated heterocycles. The van der Waals surface area contributed by atoms with Gasteiger partial charge in [-0.3, -0.25) is 4.79 Å². The first-order chi connectivity index (χ1) is 8.50. The van der Waals surface area contributed by atoms with Crippen LogP contribution in [0.15, 0.2) is 18.2 Å². The summed E-state index contributed by atoms with van der Waals surface area (Å²) in [6.45, 7) is 1.90. The summed E-state index contributed by atoms with van der Waals surface area (Å²) in [7, 11) is 4.08. The predicted molar refractivity (Wildman–Crippen MR) is 72.3 cm³/mol. The number of carboxylic acid groups (broad SMARTS) is 1. The van der Waals surface area contributed by atoms with E-state index in [2.05, 4.69) is 15.9 Å². The van der Waals surface area contributed by atoms with Crippen LogP contribution in [0.3, 0.4) is 0 Å². The van der Waals surface area contributed by atoms with Gasteiger partial charge in [-0.1, -0.05) is 12.1 Å². The Morgan fingerprint density at radius 2 is 2.06 bits per heavy atom. The van der Waals surface area contributed by atoms with Crippen LogP contribution >= 0.6 is 0 Å². The van der Waals surface area contributed by atoms with Gasteiger partial charge in [0.2, 0.25) is 0 Å². The Hall–Kier alpha value is -1.75. The summed E-state index contributed by atoms with van der Waals surface area (Å²) in [6.07, 6.45) is 0.358. The van der Waals surface area contributed by atoms with Crippen molar-refractivity contribution in [2.24, 2.45) is 5.73 Å². The maximum atomic E-state index is 10.9. The van der Waals surface area contributed by atoms with Gasteiger partial charge in [0.1, 0.15) is 6.04 Å². The van der Waals surface area contributed by atoms with Gasteiger partial charge in [0.15, 0.2) is 0 Å². The number of para-hydroxylation sites is 1. The summed E-state index contributed by atoms with van der Waals surface area (Å²) in [5, 5.41) is 8.92. The van der Waals surface area contributed by atoms with Crippen molar-refractivity contribution in [1.82, 2.24) is 0 Å². The highest BCUT2D eigenvalue weighted by Gasteiger charge is 2.22. The smallest absolute Gasteiger partial charge is 0.320 e. The second kappa shape index (κ2) is 4.86. The number of carbonyl (C=O) groups is 1. The molecule has 18 heavy (non-hydrogen) atoms. The van der Waals surface area contributed by atoms with E-state index in [0.717, 1.165) is 30.0 Å². The zero-order valence-corrected chi connectivity index (χ0v) is 10.8. The summed E-state index contributed by atoms with van der Waals surface area (Å²) in [5.41, 5.74) is 8.86. The average Bonchev–Trinajstić information content (AvgIpc) is 2.34. The molecule has 1 aromatic rings. The number of nitrogens with zero attached hydrogens (tertiary/aromatic N) is 2. The molecule has 0 amide bonds. The van der Waals surface area contributed by atoms with Crippen LogP contribution in [-0.2, 0) is 11.2 Å². The van der Waals surface area contributed by atoms with Crippen molar-refractivity contribution in [2.45, 2.75) is 12.5 Å². The standard InChI is InChI=1S/C13H19N3O2/c1-15-6-7-16(2)12-9(4-3-5-11(12)15)8-10(14)13(17)18/h3-5,10H,6-8,14H2,1-2H3,(H,17,18). The molecule has 98 valence electrons. The second-order valence-electron chi connectivity index (χ2n) is 4.78. The lowest BCUT2D eigenvalue weighted by Crippen LogP contribution is -2.38. The number of hydrogen-bond donors (Lipinski definition) is 2. The van der Waals surface area contributed by atoms with Crippen molar-refractivity contribution in [3.05, 3.63) is 23.8 Å². The van der Waals surface area contributed by atoms with Crippen LogP contribution in [-0.4, -0.2) is 44.3 Å². The minimum absolute atomic E-state index is 0.358. The normalized spacial score (nSPS) is 16.4. The predicted octanol–water partition coefficient (Wildman–Crippen LogP) is 0.527. The second-order valence-corrected chi connectivity index (χ2v) is 4.78. The van der Waals surface area contributed by atoms with Gasteiger partial charge in [0.05, 0.1) is 11.4 Å². The Kier molecular flexibility index (Phi) is 3.43. The summed E-state index contributed by atoms with van der Waals surface area (Å²) in [5.74, 6) is -0.959. The van der Waals surface area contributed by atoms with Gasteiger partial charge in [0, 0.05) is 33.6 Å². The van der Waals surface area contributed by atoms with Crippen LogP contribution in [0.4, 0.5) is 11.4 Å². The third-order valence-electron chi connectivity index (χ3n) is 3.42. The molecule has 0 fully saturated rings. The Morgan fingerprint density at radius 3 is 2.72 bits per heavy atom. The first-order valence-corrected chi connectivity index (χ1v) is 6.03. The fourth-order valence-corrected chi connectivity index (χ4v) is 2.35. The van der Waals surface area contributed by atoms with E-state index in [4.69, 9.17) is 10.8 Å². The number of rotatable bonds is 3. The molecule has 1 aromatic carbocycles. The van der Waals surface area contributed by atoms with Crippen LogP contribution in [0.2, 0.25) is 0 Å². The Balaban J connectivity index is 2.37. The van der Waals surface area contributed by atoms with Crippen molar-refractivity contribution < 1.29 is 9.90 Å². The molecule has 1 heterocycles. The minimum Gasteiger partial charge on any atom is -0.480 e. The summed E-state index contributed by atoms with van der Waals surface area (Å²) in [6, 6.07) is 5.12. The van der Waals surface area contributed by atoms with Gasteiger partial charge in [-0.2, -0.15) is 0 Å². The van der Waals surface area contributed by atoms with Crippen LogP contribution in [0.1, 0.15) is 5.56 Å². The highest BCUT2D eigenvalue weighted by Crippen LogP contribution is 2.35. The van der Waals surface area contributed by atoms with E-state index in [1.54, 1.807) is 0 Å². The lowest BCUT2D eigenvalue weighted by atomic mass is 10.0. The third-order valence-corrected chi connectivity index (χ3v) is 3.42. The highest BCUT2D eigenvalue weighted by molar-refractivity contribution is 5.78. The zero-order chi connectivity index (χ0) is 13.3. The number of hydrogen-bond acceptors (Lipinski definition) is 4. The molecule has 1 unspecified atom stereocenters. The number of nitrogens with two attached hydrogens (primary N) is 1. The zero-order valence-electron chi connectivity index (χ0n) is 10.8. The summed E-state index contributed by atoms with van der Waals surface area (Å²) >= 11 is 0. The number of carboxylic acids is 1. The van der Waals surface area contributed by atoms with Crippen molar-refractivity contribution in [2.75, 3.05) is 37.0 Å². The van der Waals surface area contributed by atoms with Gasteiger partial charge < -0.3 is 20.6 Å². The van der Waals surface area contributed by atoms with Crippen LogP contribution < -0.4 is 15.5 Å². The first-order valence-electron chi connectivity index (χ1n) is 6.03. The molecular formula is C13H19N3O2. The van der Waals surface area contributed by atoms with Crippen LogP contribution in [0.5, 0.6) is 0 Å². The molecule has 0 aromatic heterocycles. The van der Waals surface area contributed by atoms with E-state index in [1.165, 1.54) is 0 Å². The molecule has 1 atom stereocenters. The number of fused-ring (bicyclic) bond motifs is 1. The molecule has 5 heteroatoms. The van der Waals surface area contributed by atoms with Crippen molar-refractivity contribution in [3.8, 4) is 0 Å². The lowest BCUT2D eigenvalue weighted by molar-refractivity contribution is -0.138. The first kappa shape index (κ1) is 12.7. The number of anilines is 2. The van der Waals surface area contributed by atoms with Crippen LogP contribution in [0.25, 0.3) is 0 Å². The van der Waals surface area contributed by atoms with Gasteiger partial charge >= 0.3 is 5.97 Å². The molecule has 1 aliphatic rings. The van der Waals surface area contributed by atoms with Gasteiger partial charge in [-0.05, 0) is 11.6 Å². The van der Waals surface area contributed by atoms with Crippen molar-refractivity contribution in [3.63, 3.8) is 0 Å². The molecule has 0 aliphatic carbocycles. The molecule has 5 nitrogen and oxygen atoms in total. The van der Waals surface area contributed by atoms with E-state index >= 15 is 0 Å². The monoisotopic (exact) mass is 249 g/mol. The van der Waals surface area contributed by atoms with Gasteiger partial charge in [-0.25, -0.2) is 0 Å². The van der Waals surface area contributed by atoms with Gasteiger partial charge in [0.25, 0.3) is 0 Å². The summed E-state index contributed by atoms with van der Waals surface area (Å²) < 4.78 is 0. The fourth-order valence-electron chi connectivity index (χ4n) is 2.35. The Morgan fingerprint density at radius 1 is 1.39 bits per heavy atom. The number of aliphatic carboxylic acids is 1. The molecule has 0 radical (unpaired) electrons. The maximum absolute atomic E-state index is 10.9. The maximum Gasteiger partial charge on any atom is 0.320 e. The Bertz CT molecular complexity index is 462. The van der Waals surface area contributed by atoms with E-state index in [-0.39, 0.29) is 0 Å². The molecule has 0 saturated carbocycles. The molecule has 0 bridgehead atoms. The molecule has 3 N–H and O–H groups in total. The van der Waals surface area contributed by atoms with E-state index in [1.807, 2.05) is 26.2 Å². The average molecular weight is 249 g/mol. The molecule has 0 spiro atoms. The van der Waals surface area contributed by atoms with E-state index in [9.17, 15) is 4.79 Å². The lowest BCUT2D eigenvalue weighted by Gasteiger charge is -2.36. The van der Waals surface area contributed by atoms with E-state index in [0.29, 0.717) is 6.42 Å². The number of benzene rings is 1. The Labute approximate surface area is 107 Å². The number of likely N-dealkylation sites (N-methyl/N-ethyl adjacent to an activating group) is 2. The minimum atomic E-state index is -0.959.